The van der Waals surface area contributed by atoms with E-state index in [1.165, 1.54) is 17.8 Å². The molecule has 1 saturated heterocycles. The molecule has 0 spiro atoms. The van der Waals surface area contributed by atoms with Crippen LogP contribution in [0.15, 0.2) is 29.4 Å². The summed E-state index contributed by atoms with van der Waals surface area (Å²) >= 11 is 1.23. The lowest BCUT2D eigenvalue weighted by molar-refractivity contribution is -0.132. The number of thioether (sulfide) groups is 1. The van der Waals surface area contributed by atoms with Crippen LogP contribution in [0.4, 0.5) is 4.39 Å². The molecule has 2 heterocycles. The third-order valence-electron chi connectivity index (χ3n) is 3.39. The Bertz CT molecular complexity index is 746. The number of hydrogen-bond donors (Lipinski definition) is 1. The average Bonchev–Trinajstić information content (AvgIpc) is 2.84. The van der Waals surface area contributed by atoms with Crippen molar-refractivity contribution in [2.24, 2.45) is 7.05 Å². The molecule has 6 nitrogen and oxygen atoms in total. The Morgan fingerprint density at radius 1 is 1.32 bits per heavy atom. The van der Waals surface area contributed by atoms with Gasteiger partial charge in [-0.15, -0.1) is 10.2 Å². The van der Waals surface area contributed by atoms with Gasteiger partial charge in [-0.25, -0.2) is 4.39 Å². The quantitative estimate of drug-likeness (QED) is 0.868. The van der Waals surface area contributed by atoms with Crippen LogP contribution in [-0.2, 0) is 16.6 Å². The van der Waals surface area contributed by atoms with E-state index < -0.39 is 5.25 Å². The summed E-state index contributed by atoms with van der Waals surface area (Å²) < 4.78 is 15.5. The van der Waals surface area contributed by atoms with Crippen molar-refractivity contribution in [3.63, 3.8) is 0 Å². The number of carbonyl (C=O) groups excluding carboxylic acids is 2. The van der Waals surface area contributed by atoms with Gasteiger partial charge in [0, 0.05) is 13.5 Å². The summed E-state index contributed by atoms with van der Waals surface area (Å²) in [7, 11) is 1.72. The highest BCUT2D eigenvalue weighted by Crippen LogP contribution is 2.29. The van der Waals surface area contributed by atoms with Crippen LogP contribution in [-0.4, -0.2) is 31.8 Å². The zero-order chi connectivity index (χ0) is 15.7. The maximum absolute atomic E-state index is 13.8. The Morgan fingerprint density at radius 3 is 2.82 bits per heavy atom. The lowest BCUT2D eigenvalue weighted by Crippen LogP contribution is -2.42. The van der Waals surface area contributed by atoms with Crippen molar-refractivity contribution in [1.29, 1.82) is 0 Å². The van der Waals surface area contributed by atoms with Crippen molar-refractivity contribution in [2.45, 2.75) is 23.2 Å². The van der Waals surface area contributed by atoms with Gasteiger partial charge in [-0.05, 0) is 18.6 Å². The van der Waals surface area contributed by atoms with Crippen LogP contribution in [0.3, 0.4) is 0 Å². The van der Waals surface area contributed by atoms with E-state index in [9.17, 15) is 14.0 Å². The number of amides is 2. The molecule has 1 aliphatic rings. The third-order valence-corrected chi connectivity index (χ3v) is 4.69. The van der Waals surface area contributed by atoms with Gasteiger partial charge in [-0.2, -0.15) is 0 Å². The molecule has 1 aromatic heterocycles. The molecular weight excluding hydrogens is 307 g/mol. The highest BCUT2D eigenvalue weighted by Gasteiger charge is 2.29. The lowest BCUT2D eigenvalue weighted by atomic mass is 10.1. The van der Waals surface area contributed by atoms with Gasteiger partial charge in [0.15, 0.2) is 11.0 Å². The van der Waals surface area contributed by atoms with Gasteiger partial charge >= 0.3 is 0 Å². The van der Waals surface area contributed by atoms with Crippen molar-refractivity contribution in [3.8, 4) is 11.4 Å². The van der Waals surface area contributed by atoms with E-state index in [0.717, 1.165) is 0 Å². The number of benzene rings is 1. The zero-order valence-corrected chi connectivity index (χ0v) is 12.6. The topological polar surface area (TPSA) is 76.9 Å². The number of nitrogens with zero attached hydrogens (tertiary/aromatic N) is 3. The summed E-state index contributed by atoms with van der Waals surface area (Å²) in [4.78, 5) is 22.9. The summed E-state index contributed by atoms with van der Waals surface area (Å²) in [5, 5.41) is 10.4. The van der Waals surface area contributed by atoms with Crippen molar-refractivity contribution in [2.75, 3.05) is 0 Å². The van der Waals surface area contributed by atoms with E-state index in [0.29, 0.717) is 29.4 Å². The third kappa shape index (κ3) is 2.74. The predicted octanol–water partition coefficient (Wildman–Crippen LogP) is 1.52. The fourth-order valence-electron chi connectivity index (χ4n) is 2.21. The van der Waals surface area contributed by atoms with E-state index in [2.05, 4.69) is 15.5 Å². The normalized spacial score (nSPS) is 18.4. The first kappa shape index (κ1) is 14.7. The molecular formula is C14H13FN4O2S. The first-order valence-corrected chi connectivity index (χ1v) is 7.59. The number of piperidine rings is 1. The first-order chi connectivity index (χ1) is 10.6. The van der Waals surface area contributed by atoms with Crippen molar-refractivity contribution >= 4 is 23.6 Å². The second-order valence-corrected chi connectivity index (χ2v) is 6.07. The van der Waals surface area contributed by atoms with Crippen LogP contribution in [0.5, 0.6) is 0 Å². The molecule has 114 valence electrons. The number of carbonyl (C=O) groups is 2. The SMILES string of the molecule is Cn1c(S[C@@H]2CCC(=O)NC2=O)nnc1-c1ccccc1F. The van der Waals surface area contributed by atoms with E-state index >= 15 is 0 Å². The number of halogens is 1. The predicted molar refractivity (Wildman–Crippen MR) is 78.4 cm³/mol. The van der Waals surface area contributed by atoms with Crippen molar-refractivity contribution < 1.29 is 14.0 Å². The Morgan fingerprint density at radius 2 is 2.09 bits per heavy atom. The molecule has 1 atom stereocenters. The first-order valence-electron chi connectivity index (χ1n) is 6.71. The zero-order valence-electron chi connectivity index (χ0n) is 11.7. The van der Waals surface area contributed by atoms with E-state index in [1.807, 2.05) is 0 Å². The molecule has 0 saturated carbocycles. The molecule has 0 radical (unpaired) electrons. The fraction of sp³-hybridized carbons (Fsp3) is 0.286. The monoisotopic (exact) mass is 320 g/mol. The number of aromatic nitrogens is 3. The number of hydrogen-bond acceptors (Lipinski definition) is 5. The molecule has 22 heavy (non-hydrogen) atoms. The summed E-state index contributed by atoms with van der Waals surface area (Å²) in [6.45, 7) is 0. The van der Waals surface area contributed by atoms with Crippen molar-refractivity contribution in [3.05, 3.63) is 30.1 Å². The molecule has 1 N–H and O–H groups in total. The maximum atomic E-state index is 13.8. The smallest absolute Gasteiger partial charge is 0.240 e. The molecule has 0 unspecified atom stereocenters. The Labute approximate surface area is 130 Å². The van der Waals surface area contributed by atoms with E-state index in [4.69, 9.17) is 0 Å². The van der Waals surface area contributed by atoms with Crippen molar-refractivity contribution in [1.82, 2.24) is 20.1 Å². The van der Waals surface area contributed by atoms with Crippen LogP contribution < -0.4 is 5.32 Å². The summed E-state index contributed by atoms with van der Waals surface area (Å²) in [5.41, 5.74) is 0.354. The average molecular weight is 320 g/mol. The molecule has 8 heteroatoms. The molecule has 0 bridgehead atoms. The van der Waals surface area contributed by atoms with Crippen LogP contribution in [0.2, 0.25) is 0 Å². The minimum Gasteiger partial charge on any atom is -0.305 e. The highest BCUT2D eigenvalue weighted by molar-refractivity contribution is 8.00. The standard InChI is InChI=1S/C14H13FN4O2S/c1-19-12(8-4-2-3-5-9(8)15)17-18-14(19)22-10-6-7-11(20)16-13(10)21/h2-5,10H,6-7H2,1H3,(H,16,20,21)/t10-/m1/s1. The molecule has 2 amide bonds. The minimum absolute atomic E-state index is 0.258. The maximum Gasteiger partial charge on any atom is 0.240 e. The lowest BCUT2D eigenvalue weighted by Gasteiger charge is -2.19. The molecule has 0 aliphatic carbocycles. The minimum atomic E-state index is -0.394. The molecule has 1 aliphatic heterocycles. The Balaban J connectivity index is 1.84. The molecule has 1 aromatic carbocycles. The number of imide groups is 1. The van der Waals surface area contributed by atoms with Gasteiger partial charge in [-0.1, -0.05) is 23.9 Å². The van der Waals surface area contributed by atoms with Gasteiger partial charge in [0.2, 0.25) is 11.8 Å². The second-order valence-electron chi connectivity index (χ2n) is 4.90. The second kappa shape index (κ2) is 5.88. The van der Waals surface area contributed by atoms with Gasteiger partial charge < -0.3 is 4.57 Å². The Kier molecular flexibility index (Phi) is 3.93. The van der Waals surface area contributed by atoms with Gasteiger partial charge in [0.1, 0.15) is 5.82 Å². The van der Waals surface area contributed by atoms with Crippen LogP contribution in [0, 0.1) is 5.82 Å². The molecule has 3 rings (SSSR count). The largest absolute Gasteiger partial charge is 0.305 e. The fourth-order valence-corrected chi connectivity index (χ4v) is 3.20. The Hall–Kier alpha value is -2.22. The van der Waals surface area contributed by atoms with Crippen LogP contribution >= 0.6 is 11.8 Å². The van der Waals surface area contributed by atoms with Gasteiger partial charge in [0.25, 0.3) is 0 Å². The highest BCUT2D eigenvalue weighted by atomic mass is 32.2. The summed E-state index contributed by atoms with van der Waals surface area (Å²) in [5.74, 6) is -0.563. The van der Waals surface area contributed by atoms with Crippen LogP contribution in [0.1, 0.15) is 12.8 Å². The number of nitrogens with one attached hydrogen (secondary N) is 1. The molecule has 1 fully saturated rings. The van der Waals surface area contributed by atoms with Crippen LogP contribution in [0.25, 0.3) is 11.4 Å². The van der Waals surface area contributed by atoms with Gasteiger partial charge in [0.05, 0.1) is 10.8 Å². The number of rotatable bonds is 3. The van der Waals surface area contributed by atoms with E-state index in [-0.39, 0.29) is 17.6 Å². The van der Waals surface area contributed by atoms with E-state index in [1.54, 1.807) is 29.8 Å². The summed E-state index contributed by atoms with van der Waals surface area (Å²) in [6.07, 6.45) is 0.763. The summed E-state index contributed by atoms with van der Waals surface area (Å²) in [6, 6.07) is 6.31. The van der Waals surface area contributed by atoms with Gasteiger partial charge in [-0.3, -0.25) is 14.9 Å². The molecule has 2 aromatic rings.